The van der Waals surface area contributed by atoms with Gasteiger partial charge in [0.05, 0.1) is 0 Å². The highest BCUT2D eigenvalue weighted by molar-refractivity contribution is 7.89. The number of aromatic nitrogens is 1. The highest BCUT2D eigenvalue weighted by Crippen LogP contribution is 2.28. The van der Waals surface area contributed by atoms with E-state index in [1.165, 1.54) is 0 Å². The third kappa shape index (κ3) is 1.52. The first-order valence-corrected chi connectivity index (χ1v) is 6.62. The third-order valence-electron chi connectivity index (χ3n) is 2.77. The molecule has 2 aromatic rings. The maximum absolute atomic E-state index is 11.6. The van der Waals surface area contributed by atoms with E-state index in [0.29, 0.717) is 11.1 Å². The molecule has 0 unspecified atom stereocenters. The van der Waals surface area contributed by atoms with Crippen molar-refractivity contribution in [1.29, 1.82) is 0 Å². The van der Waals surface area contributed by atoms with Gasteiger partial charge in [0.2, 0.25) is 10.0 Å². The van der Waals surface area contributed by atoms with Crippen LogP contribution in [0.25, 0.3) is 10.9 Å². The normalized spacial score (nSPS) is 12.2. The number of hydrogen-bond donors (Lipinski definition) is 1. The Labute approximate surface area is 94.7 Å². The van der Waals surface area contributed by atoms with Crippen molar-refractivity contribution in [3.63, 3.8) is 0 Å². The molecule has 0 saturated carbocycles. The molecule has 2 rings (SSSR count). The second kappa shape index (κ2) is 3.61. The lowest BCUT2D eigenvalue weighted by atomic mass is 10.2. The van der Waals surface area contributed by atoms with Crippen LogP contribution in [0.3, 0.4) is 0 Å². The first-order valence-electron chi connectivity index (χ1n) is 5.07. The lowest BCUT2D eigenvalue weighted by molar-refractivity contribution is 0.597. The Bertz CT molecular complexity index is 641. The first-order chi connectivity index (χ1) is 7.46. The molecule has 0 radical (unpaired) electrons. The monoisotopic (exact) mass is 238 g/mol. The number of primary sulfonamides is 1. The molecule has 0 fully saturated rings. The Kier molecular flexibility index (Phi) is 2.52. The summed E-state index contributed by atoms with van der Waals surface area (Å²) in [4.78, 5) is 0.241. The number of para-hydroxylation sites is 1. The van der Waals surface area contributed by atoms with Gasteiger partial charge in [-0.15, -0.1) is 0 Å². The van der Waals surface area contributed by atoms with Gasteiger partial charge in [-0.1, -0.05) is 18.2 Å². The molecule has 0 amide bonds. The standard InChI is InChI=1S/C11H14N2O2S/c1-3-13-8(2)11(16(12,14)15)9-6-4-5-7-10(9)13/h4-7H,3H2,1-2H3,(H2,12,14,15). The number of hydrogen-bond acceptors (Lipinski definition) is 2. The van der Waals surface area contributed by atoms with Crippen LogP contribution in [0.1, 0.15) is 12.6 Å². The van der Waals surface area contributed by atoms with Crippen molar-refractivity contribution in [3.8, 4) is 0 Å². The smallest absolute Gasteiger partial charge is 0.240 e. The van der Waals surface area contributed by atoms with Gasteiger partial charge < -0.3 is 4.57 Å². The van der Waals surface area contributed by atoms with Crippen molar-refractivity contribution in [3.05, 3.63) is 30.0 Å². The van der Waals surface area contributed by atoms with Crippen LogP contribution < -0.4 is 5.14 Å². The summed E-state index contributed by atoms with van der Waals surface area (Å²) in [6.45, 7) is 4.48. The summed E-state index contributed by atoms with van der Waals surface area (Å²) >= 11 is 0. The number of fused-ring (bicyclic) bond motifs is 1. The Morgan fingerprint density at radius 3 is 2.50 bits per heavy atom. The predicted molar refractivity (Wildman–Crippen MR) is 63.7 cm³/mol. The molecule has 1 aromatic heterocycles. The molecule has 0 saturated heterocycles. The highest BCUT2D eigenvalue weighted by atomic mass is 32.2. The van der Waals surface area contributed by atoms with E-state index < -0.39 is 10.0 Å². The number of benzene rings is 1. The van der Waals surface area contributed by atoms with Crippen LogP contribution in [-0.4, -0.2) is 13.0 Å². The van der Waals surface area contributed by atoms with Crippen LogP contribution in [0, 0.1) is 6.92 Å². The number of rotatable bonds is 2. The second-order valence-electron chi connectivity index (χ2n) is 3.72. The van der Waals surface area contributed by atoms with Gasteiger partial charge in [0, 0.05) is 23.1 Å². The summed E-state index contributed by atoms with van der Waals surface area (Å²) in [5.41, 5.74) is 1.61. The SMILES string of the molecule is CCn1c(C)c(S(N)(=O)=O)c2ccccc21. The van der Waals surface area contributed by atoms with Gasteiger partial charge >= 0.3 is 0 Å². The zero-order valence-electron chi connectivity index (χ0n) is 9.27. The minimum atomic E-state index is -3.67. The van der Waals surface area contributed by atoms with Crippen LogP contribution in [0.2, 0.25) is 0 Å². The van der Waals surface area contributed by atoms with Gasteiger partial charge in [-0.05, 0) is 19.9 Å². The van der Waals surface area contributed by atoms with E-state index in [4.69, 9.17) is 5.14 Å². The van der Waals surface area contributed by atoms with E-state index in [1.54, 1.807) is 13.0 Å². The summed E-state index contributed by atoms with van der Waals surface area (Å²) in [5.74, 6) is 0. The summed E-state index contributed by atoms with van der Waals surface area (Å²) in [5, 5.41) is 5.95. The van der Waals surface area contributed by atoms with Gasteiger partial charge in [-0.2, -0.15) is 0 Å². The fourth-order valence-electron chi connectivity index (χ4n) is 2.17. The van der Waals surface area contributed by atoms with E-state index in [2.05, 4.69) is 0 Å². The van der Waals surface area contributed by atoms with E-state index in [1.807, 2.05) is 29.7 Å². The number of nitrogens with two attached hydrogens (primary N) is 1. The molecule has 5 heteroatoms. The molecule has 0 spiro atoms. The lowest BCUT2D eigenvalue weighted by Crippen LogP contribution is -2.13. The molecule has 0 atom stereocenters. The van der Waals surface area contributed by atoms with E-state index in [-0.39, 0.29) is 4.90 Å². The Morgan fingerprint density at radius 1 is 1.31 bits per heavy atom. The fraction of sp³-hybridized carbons (Fsp3) is 0.273. The molecule has 1 heterocycles. The van der Waals surface area contributed by atoms with Crippen molar-refractivity contribution in [2.75, 3.05) is 0 Å². The van der Waals surface area contributed by atoms with Crippen LogP contribution in [0.4, 0.5) is 0 Å². The summed E-state index contributed by atoms with van der Waals surface area (Å²) in [6, 6.07) is 7.39. The largest absolute Gasteiger partial charge is 0.344 e. The zero-order chi connectivity index (χ0) is 11.9. The molecule has 1 aromatic carbocycles. The first kappa shape index (κ1) is 11.2. The maximum atomic E-state index is 11.6. The van der Waals surface area contributed by atoms with Crippen LogP contribution in [0.15, 0.2) is 29.2 Å². The van der Waals surface area contributed by atoms with Crippen LogP contribution in [0.5, 0.6) is 0 Å². The van der Waals surface area contributed by atoms with Crippen molar-refractivity contribution < 1.29 is 8.42 Å². The number of nitrogens with zero attached hydrogens (tertiary/aromatic N) is 1. The molecule has 2 N–H and O–H groups in total. The Hall–Kier alpha value is -1.33. The van der Waals surface area contributed by atoms with Crippen LogP contribution >= 0.6 is 0 Å². The van der Waals surface area contributed by atoms with Crippen molar-refractivity contribution in [2.45, 2.75) is 25.3 Å². The van der Waals surface area contributed by atoms with E-state index >= 15 is 0 Å². The average Bonchev–Trinajstić information content (AvgIpc) is 2.48. The second-order valence-corrected chi connectivity index (χ2v) is 5.22. The quantitative estimate of drug-likeness (QED) is 0.864. The number of sulfonamides is 1. The Morgan fingerprint density at radius 2 is 1.94 bits per heavy atom. The summed E-state index contributed by atoms with van der Waals surface area (Å²) < 4.78 is 25.1. The minimum absolute atomic E-state index is 0.241. The highest BCUT2D eigenvalue weighted by Gasteiger charge is 2.20. The van der Waals surface area contributed by atoms with E-state index in [9.17, 15) is 8.42 Å². The maximum Gasteiger partial charge on any atom is 0.240 e. The molecular formula is C11H14N2O2S. The Balaban J connectivity index is 3.00. The molecular weight excluding hydrogens is 224 g/mol. The topological polar surface area (TPSA) is 65.1 Å². The van der Waals surface area contributed by atoms with Gasteiger partial charge in [-0.3, -0.25) is 0 Å². The van der Waals surface area contributed by atoms with Gasteiger partial charge in [0.1, 0.15) is 4.90 Å². The van der Waals surface area contributed by atoms with Crippen LogP contribution in [-0.2, 0) is 16.6 Å². The lowest BCUT2D eigenvalue weighted by Gasteiger charge is -2.03. The van der Waals surface area contributed by atoms with Crippen molar-refractivity contribution in [2.24, 2.45) is 5.14 Å². The summed E-state index contributed by atoms with van der Waals surface area (Å²) in [6.07, 6.45) is 0. The van der Waals surface area contributed by atoms with Crippen molar-refractivity contribution in [1.82, 2.24) is 4.57 Å². The van der Waals surface area contributed by atoms with Gasteiger partial charge in [-0.25, -0.2) is 13.6 Å². The van der Waals surface area contributed by atoms with Gasteiger partial charge in [0.25, 0.3) is 0 Å². The molecule has 0 aliphatic heterocycles. The zero-order valence-corrected chi connectivity index (χ0v) is 10.1. The average molecular weight is 238 g/mol. The predicted octanol–water partition coefficient (Wildman–Crippen LogP) is 1.62. The molecule has 4 nitrogen and oxygen atoms in total. The fourth-order valence-corrected chi connectivity index (χ4v) is 3.17. The van der Waals surface area contributed by atoms with E-state index in [0.717, 1.165) is 12.1 Å². The summed E-state index contributed by atoms with van der Waals surface area (Å²) in [7, 11) is -3.67. The molecule has 86 valence electrons. The molecule has 0 aliphatic carbocycles. The molecule has 0 aliphatic rings. The van der Waals surface area contributed by atoms with Crippen molar-refractivity contribution >= 4 is 20.9 Å². The number of aryl methyl sites for hydroxylation is 1. The molecule has 16 heavy (non-hydrogen) atoms. The minimum Gasteiger partial charge on any atom is -0.344 e. The molecule has 0 bridgehead atoms. The third-order valence-corrected chi connectivity index (χ3v) is 3.86. The van der Waals surface area contributed by atoms with Gasteiger partial charge in [0.15, 0.2) is 0 Å².